The van der Waals surface area contributed by atoms with E-state index >= 15 is 0 Å². The van der Waals surface area contributed by atoms with Gasteiger partial charge in [0.1, 0.15) is 0 Å². The molecular weight excluding hydrogens is 252 g/mol. The lowest BCUT2D eigenvalue weighted by molar-refractivity contribution is 0.0697. The van der Waals surface area contributed by atoms with Gasteiger partial charge in [-0.05, 0) is 35.7 Å². The maximum Gasteiger partial charge on any atom is 0.335 e. The minimum Gasteiger partial charge on any atom is -0.478 e. The highest BCUT2D eigenvalue weighted by molar-refractivity contribution is 5.91. The van der Waals surface area contributed by atoms with Crippen LogP contribution in [-0.2, 0) is 0 Å². The number of benzene rings is 2. The van der Waals surface area contributed by atoms with Crippen molar-refractivity contribution in [2.45, 2.75) is 19.8 Å². The summed E-state index contributed by atoms with van der Waals surface area (Å²) in [5, 5.41) is 12.2. The Morgan fingerprint density at radius 3 is 2.45 bits per heavy atom. The Bertz CT molecular complexity index is 636. The summed E-state index contributed by atoms with van der Waals surface area (Å²) in [6, 6.07) is 12.7. The molecule has 0 aliphatic rings. The molecule has 0 radical (unpaired) electrons. The van der Waals surface area contributed by atoms with Crippen LogP contribution in [0.4, 0.5) is 17.1 Å². The SMILES string of the molecule is CC(C)c1ccccc1Nc1ccc(C(=O)O)cc1N. The number of aromatic carboxylic acids is 1. The Labute approximate surface area is 118 Å². The summed E-state index contributed by atoms with van der Waals surface area (Å²) in [6.07, 6.45) is 0. The molecule has 4 heteroatoms. The zero-order chi connectivity index (χ0) is 14.7. The van der Waals surface area contributed by atoms with Crippen LogP contribution in [0.25, 0.3) is 0 Å². The lowest BCUT2D eigenvalue weighted by atomic mass is 10.0. The van der Waals surface area contributed by atoms with Crippen molar-refractivity contribution in [1.29, 1.82) is 0 Å². The highest BCUT2D eigenvalue weighted by Gasteiger charge is 2.09. The highest BCUT2D eigenvalue weighted by atomic mass is 16.4. The number of para-hydroxylation sites is 1. The van der Waals surface area contributed by atoms with E-state index in [0.717, 1.165) is 5.69 Å². The molecule has 0 saturated carbocycles. The van der Waals surface area contributed by atoms with Gasteiger partial charge in [-0.3, -0.25) is 0 Å². The summed E-state index contributed by atoms with van der Waals surface area (Å²) < 4.78 is 0. The van der Waals surface area contributed by atoms with Gasteiger partial charge in [0.05, 0.1) is 16.9 Å². The summed E-state index contributed by atoms with van der Waals surface area (Å²) in [5.41, 5.74) is 9.40. The average molecular weight is 270 g/mol. The minimum atomic E-state index is -0.981. The summed E-state index contributed by atoms with van der Waals surface area (Å²) in [4.78, 5) is 10.9. The molecule has 0 fully saturated rings. The van der Waals surface area contributed by atoms with E-state index in [4.69, 9.17) is 10.8 Å². The fourth-order valence-corrected chi connectivity index (χ4v) is 2.07. The number of carboxylic acid groups (broad SMARTS) is 1. The lowest BCUT2D eigenvalue weighted by Gasteiger charge is -2.16. The molecule has 2 aromatic rings. The standard InChI is InChI=1S/C16H18N2O2/c1-10(2)12-5-3-4-6-14(12)18-15-8-7-11(16(19)20)9-13(15)17/h3-10,18H,17H2,1-2H3,(H,19,20). The summed E-state index contributed by atoms with van der Waals surface area (Å²) in [5.74, 6) is -0.593. The third-order valence-electron chi connectivity index (χ3n) is 3.15. The number of anilines is 3. The molecule has 2 aromatic carbocycles. The number of carboxylic acids is 1. The van der Waals surface area contributed by atoms with Crippen molar-refractivity contribution in [1.82, 2.24) is 0 Å². The molecule has 104 valence electrons. The monoisotopic (exact) mass is 270 g/mol. The second kappa shape index (κ2) is 5.65. The molecule has 2 rings (SSSR count). The van der Waals surface area contributed by atoms with Gasteiger partial charge in [0.2, 0.25) is 0 Å². The van der Waals surface area contributed by atoms with Crippen molar-refractivity contribution in [3.63, 3.8) is 0 Å². The predicted octanol–water partition coefficient (Wildman–Crippen LogP) is 3.83. The van der Waals surface area contributed by atoms with Gasteiger partial charge in [0.15, 0.2) is 0 Å². The van der Waals surface area contributed by atoms with Crippen LogP contribution in [0.3, 0.4) is 0 Å². The number of rotatable bonds is 4. The largest absolute Gasteiger partial charge is 0.478 e. The molecule has 0 aliphatic carbocycles. The zero-order valence-electron chi connectivity index (χ0n) is 11.6. The highest BCUT2D eigenvalue weighted by Crippen LogP contribution is 2.29. The molecule has 0 amide bonds. The van der Waals surface area contributed by atoms with Crippen LogP contribution in [0.15, 0.2) is 42.5 Å². The van der Waals surface area contributed by atoms with E-state index in [1.165, 1.54) is 11.6 Å². The van der Waals surface area contributed by atoms with E-state index in [0.29, 0.717) is 17.3 Å². The molecule has 0 heterocycles. The smallest absolute Gasteiger partial charge is 0.335 e. The van der Waals surface area contributed by atoms with Gasteiger partial charge in [0, 0.05) is 5.69 Å². The second-order valence-corrected chi connectivity index (χ2v) is 4.97. The molecule has 0 saturated heterocycles. The molecule has 0 unspecified atom stereocenters. The first-order chi connectivity index (χ1) is 9.49. The summed E-state index contributed by atoms with van der Waals surface area (Å²) in [6.45, 7) is 4.24. The van der Waals surface area contributed by atoms with E-state index in [9.17, 15) is 4.79 Å². The molecule has 0 atom stereocenters. The van der Waals surface area contributed by atoms with Crippen molar-refractivity contribution in [3.8, 4) is 0 Å². The van der Waals surface area contributed by atoms with E-state index in [2.05, 4.69) is 25.2 Å². The molecule has 0 aromatic heterocycles. The Morgan fingerprint density at radius 1 is 1.15 bits per heavy atom. The Hall–Kier alpha value is -2.49. The van der Waals surface area contributed by atoms with Crippen LogP contribution >= 0.6 is 0 Å². The van der Waals surface area contributed by atoms with Crippen LogP contribution in [0.5, 0.6) is 0 Å². The van der Waals surface area contributed by atoms with Crippen LogP contribution in [0.1, 0.15) is 35.7 Å². The summed E-state index contributed by atoms with van der Waals surface area (Å²) >= 11 is 0. The number of nitrogen functional groups attached to an aromatic ring is 1. The third kappa shape index (κ3) is 2.91. The molecule has 0 bridgehead atoms. The van der Waals surface area contributed by atoms with E-state index in [1.54, 1.807) is 12.1 Å². The van der Waals surface area contributed by atoms with E-state index in [1.807, 2.05) is 18.2 Å². The Kier molecular flexibility index (Phi) is 3.94. The van der Waals surface area contributed by atoms with Crippen LogP contribution in [0.2, 0.25) is 0 Å². The van der Waals surface area contributed by atoms with Gasteiger partial charge in [-0.15, -0.1) is 0 Å². The van der Waals surface area contributed by atoms with Crippen molar-refractivity contribution in [2.24, 2.45) is 0 Å². The first-order valence-electron chi connectivity index (χ1n) is 6.48. The maximum absolute atomic E-state index is 10.9. The summed E-state index contributed by atoms with van der Waals surface area (Å²) in [7, 11) is 0. The third-order valence-corrected chi connectivity index (χ3v) is 3.15. The van der Waals surface area contributed by atoms with Gasteiger partial charge in [-0.2, -0.15) is 0 Å². The van der Waals surface area contributed by atoms with E-state index < -0.39 is 5.97 Å². The molecular formula is C16H18N2O2. The fraction of sp³-hybridized carbons (Fsp3) is 0.188. The van der Waals surface area contributed by atoms with Crippen LogP contribution in [-0.4, -0.2) is 11.1 Å². The minimum absolute atomic E-state index is 0.185. The first-order valence-corrected chi connectivity index (χ1v) is 6.48. The number of nitrogens with one attached hydrogen (secondary N) is 1. The molecule has 0 aliphatic heterocycles. The number of nitrogens with two attached hydrogens (primary N) is 1. The molecule has 4 N–H and O–H groups in total. The van der Waals surface area contributed by atoms with Gasteiger partial charge >= 0.3 is 5.97 Å². The molecule has 4 nitrogen and oxygen atoms in total. The van der Waals surface area contributed by atoms with Crippen molar-refractivity contribution < 1.29 is 9.90 Å². The van der Waals surface area contributed by atoms with Crippen LogP contribution < -0.4 is 11.1 Å². The Morgan fingerprint density at radius 2 is 1.85 bits per heavy atom. The van der Waals surface area contributed by atoms with Crippen molar-refractivity contribution in [3.05, 3.63) is 53.6 Å². The average Bonchev–Trinajstić information content (AvgIpc) is 2.41. The quantitative estimate of drug-likeness (QED) is 0.738. The topological polar surface area (TPSA) is 75.3 Å². The van der Waals surface area contributed by atoms with Gasteiger partial charge in [0.25, 0.3) is 0 Å². The lowest BCUT2D eigenvalue weighted by Crippen LogP contribution is -2.03. The number of carbonyl (C=O) groups is 1. The number of hydrogen-bond donors (Lipinski definition) is 3. The van der Waals surface area contributed by atoms with Gasteiger partial charge < -0.3 is 16.2 Å². The Balaban J connectivity index is 2.33. The van der Waals surface area contributed by atoms with Gasteiger partial charge in [-0.25, -0.2) is 4.79 Å². The normalized spacial score (nSPS) is 10.6. The second-order valence-electron chi connectivity index (χ2n) is 4.97. The van der Waals surface area contributed by atoms with Crippen molar-refractivity contribution in [2.75, 3.05) is 11.1 Å². The first kappa shape index (κ1) is 13.9. The van der Waals surface area contributed by atoms with E-state index in [-0.39, 0.29) is 5.56 Å². The molecule has 0 spiro atoms. The van der Waals surface area contributed by atoms with Gasteiger partial charge in [-0.1, -0.05) is 32.0 Å². The zero-order valence-corrected chi connectivity index (χ0v) is 11.6. The fourth-order valence-electron chi connectivity index (χ4n) is 2.07. The van der Waals surface area contributed by atoms with Crippen molar-refractivity contribution >= 4 is 23.0 Å². The molecule has 20 heavy (non-hydrogen) atoms. The predicted molar refractivity (Wildman–Crippen MR) is 81.6 cm³/mol. The maximum atomic E-state index is 10.9. The number of hydrogen-bond acceptors (Lipinski definition) is 3. The van der Waals surface area contributed by atoms with Crippen LogP contribution in [0, 0.1) is 0 Å².